The van der Waals surface area contributed by atoms with Crippen molar-refractivity contribution in [1.82, 2.24) is 14.5 Å². The number of thioether (sulfide) groups is 2. The molecule has 2 aromatic rings. The molecule has 21 heavy (non-hydrogen) atoms. The van der Waals surface area contributed by atoms with Crippen LogP contribution in [0.25, 0.3) is 11.0 Å². The van der Waals surface area contributed by atoms with Crippen molar-refractivity contribution in [2.75, 3.05) is 12.0 Å². The summed E-state index contributed by atoms with van der Waals surface area (Å²) in [6.07, 6.45) is 9.21. The number of aliphatic carboxylic acids is 1. The van der Waals surface area contributed by atoms with Gasteiger partial charge in [0.15, 0.2) is 5.16 Å². The lowest BCUT2D eigenvalue weighted by molar-refractivity contribution is -0.133. The first-order valence-corrected chi connectivity index (χ1v) is 9.17. The minimum atomic E-state index is -0.815. The number of pyridine rings is 1. The van der Waals surface area contributed by atoms with Gasteiger partial charge in [-0.1, -0.05) is 18.2 Å². The van der Waals surface area contributed by atoms with Gasteiger partial charge in [0.25, 0.3) is 0 Å². The highest BCUT2D eigenvalue weighted by Gasteiger charge is 2.31. The lowest BCUT2D eigenvalue weighted by atomic mass is 10.2. The number of imidazole rings is 1. The Kier molecular flexibility index (Phi) is 4.40. The Morgan fingerprint density at radius 3 is 3.14 bits per heavy atom. The molecule has 0 aromatic carbocycles. The fourth-order valence-corrected chi connectivity index (χ4v) is 4.72. The maximum atomic E-state index is 10.9. The first-order valence-electron chi connectivity index (χ1n) is 6.90. The molecule has 1 saturated carbocycles. The maximum Gasteiger partial charge on any atom is 0.313 e. The Balaban J connectivity index is 2.04. The molecule has 2 unspecified atom stereocenters. The smallest absolute Gasteiger partial charge is 0.313 e. The van der Waals surface area contributed by atoms with Crippen molar-refractivity contribution >= 4 is 40.5 Å². The molecule has 2 heterocycles. The molecule has 2 atom stereocenters. The number of aromatic nitrogens is 3. The third-order valence-corrected chi connectivity index (χ3v) is 5.93. The third kappa shape index (κ3) is 2.89. The molecule has 1 aliphatic carbocycles. The zero-order valence-electron chi connectivity index (χ0n) is 11.7. The van der Waals surface area contributed by atoms with Crippen molar-refractivity contribution in [3.8, 4) is 0 Å². The molecule has 5 nitrogen and oxygen atoms in total. The van der Waals surface area contributed by atoms with Gasteiger partial charge in [-0.3, -0.25) is 9.78 Å². The van der Waals surface area contributed by atoms with Crippen molar-refractivity contribution in [3.05, 3.63) is 18.5 Å². The van der Waals surface area contributed by atoms with Crippen LogP contribution in [0.3, 0.4) is 0 Å². The predicted molar refractivity (Wildman–Crippen MR) is 86.1 cm³/mol. The molecule has 1 aliphatic rings. The molecule has 0 bridgehead atoms. The summed E-state index contributed by atoms with van der Waals surface area (Å²) in [5, 5.41) is 10.3. The molecule has 7 heteroatoms. The Labute approximate surface area is 131 Å². The molecular weight excluding hydrogens is 306 g/mol. The second-order valence-electron chi connectivity index (χ2n) is 5.08. The third-order valence-electron chi connectivity index (χ3n) is 3.84. The second kappa shape index (κ2) is 6.27. The molecule has 0 amide bonds. The van der Waals surface area contributed by atoms with E-state index in [4.69, 9.17) is 5.11 Å². The highest BCUT2D eigenvalue weighted by atomic mass is 32.2. The number of fused-ring (bicyclic) bond motifs is 1. The topological polar surface area (TPSA) is 68.0 Å². The van der Waals surface area contributed by atoms with Crippen LogP contribution in [0, 0.1) is 0 Å². The first-order chi connectivity index (χ1) is 10.2. The molecular formula is C14H17N3O2S2. The van der Waals surface area contributed by atoms with Crippen LogP contribution in [0.1, 0.15) is 25.3 Å². The van der Waals surface area contributed by atoms with E-state index in [1.165, 1.54) is 24.6 Å². The van der Waals surface area contributed by atoms with Crippen molar-refractivity contribution in [3.63, 3.8) is 0 Å². The molecule has 0 saturated heterocycles. The van der Waals surface area contributed by atoms with E-state index in [0.717, 1.165) is 22.6 Å². The van der Waals surface area contributed by atoms with E-state index >= 15 is 0 Å². The van der Waals surface area contributed by atoms with Crippen molar-refractivity contribution in [2.24, 2.45) is 0 Å². The summed E-state index contributed by atoms with van der Waals surface area (Å²) in [5.74, 6) is -0.780. The second-order valence-corrected chi connectivity index (χ2v) is 7.10. The number of rotatable bonds is 5. The van der Waals surface area contributed by atoms with Gasteiger partial charge >= 0.3 is 5.97 Å². The van der Waals surface area contributed by atoms with Gasteiger partial charge in [0, 0.05) is 17.5 Å². The molecule has 2 aromatic heterocycles. The van der Waals surface area contributed by atoms with E-state index in [9.17, 15) is 4.79 Å². The van der Waals surface area contributed by atoms with E-state index in [1.54, 1.807) is 12.4 Å². The zero-order chi connectivity index (χ0) is 14.8. The summed E-state index contributed by atoms with van der Waals surface area (Å²) in [7, 11) is 0. The van der Waals surface area contributed by atoms with Gasteiger partial charge in [-0.2, -0.15) is 11.8 Å². The number of hydrogen-bond acceptors (Lipinski definition) is 5. The van der Waals surface area contributed by atoms with Crippen LogP contribution in [-0.4, -0.2) is 42.9 Å². The summed E-state index contributed by atoms with van der Waals surface area (Å²) in [6.45, 7) is 0. The number of carboxylic acids is 1. The van der Waals surface area contributed by atoms with Gasteiger partial charge in [0.05, 0.1) is 17.5 Å². The zero-order valence-corrected chi connectivity index (χ0v) is 13.4. The quantitative estimate of drug-likeness (QED) is 0.853. The van der Waals surface area contributed by atoms with E-state index in [-0.39, 0.29) is 5.75 Å². The summed E-state index contributed by atoms with van der Waals surface area (Å²) in [6, 6.07) is 2.37. The Morgan fingerprint density at radius 2 is 2.38 bits per heavy atom. The number of carbonyl (C=O) groups is 1. The van der Waals surface area contributed by atoms with Gasteiger partial charge in [-0.05, 0) is 25.2 Å². The Morgan fingerprint density at radius 1 is 1.52 bits per heavy atom. The average molecular weight is 323 g/mol. The molecule has 1 N–H and O–H groups in total. The Hall–Kier alpha value is -1.21. The average Bonchev–Trinajstić information content (AvgIpc) is 3.07. The van der Waals surface area contributed by atoms with Gasteiger partial charge in [0.1, 0.15) is 5.52 Å². The number of hydrogen-bond donors (Lipinski definition) is 1. The van der Waals surface area contributed by atoms with Crippen LogP contribution >= 0.6 is 23.5 Å². The van der Waals surface area contributed by atoms with Crippen molar-refractivity contribution in [2.45, 2.75) is 35.7 Å². The van der Waals surface area contributed by atoms with Crippen LogP contribution in [-0.2, 0) is 4.79 Å². The number of nitrogens with zero attached hydrogens (tertiary/aromatic N) is 3. The molecule has 112 valence electrons. The number of carboxylic acid groups (broad SMARTS) is 1. The molecule has 1 fully saturated rings. The van der Waals surface area contributed by atoms with Crippen molar-refractivity contribution < 1.29 is 9.90 Å². The van der Waals surface area contributed by atoms with E-state index < -0.39 is 5.97 Å². The van der Waals surface area contributed by atoms with E-state index in [0.29, 0.717) is 11.3 Å². The van der Waals surface area contributed by atoms with Gasteiger partial charge in [-0.25, -0.2) is 4.98 Å². The predicted octanol–water partition coefficient (Wildman–Crippen LogP) is 3.06. The summed E-state index contributed by atoms with van der Waals surface area (Å²) < 4.78 is 2.23. The molecule has 0 aliphatic heterocycles. The van der Waals surface area contributed by atoms with Crippen LogP contribution in [0.4, 0.5) is 0 Å². The lowest BCUT2D eigenvalue weighted by Crippen LogP contribution is -2.17. The minimum Gasteiger partial charge on any atom is -0.481 e. The highest BCUT2D eigenvalue weighted by molar-refractivity contribution is 7.99. The summed E-state index contributed by atoms with van der Waals surface area (Å²) >= 11 is 3.19. The lowest BCUT2D eigenvalue weighted by Gasteiger charge is -2.22. The van der Waals surface area contributed by atoms with Crippen LogP contribution < -0.4 is 0 Å². The van der Waals surface area contributed by atoms with Gasteiger partial charge in [0.2, 0.25) is 0 Å². The fourth-order valence-electron chi connectivity index (χ4n) is 2.95. The van der Waals surface area contributed by atoms with E-state index in [1.807, 2.05) is 17.8 Å². The van der Waals surface area contributed by atoms with E-state index in [2.05, 4.69) is 20.8 Å². The maximum absolute atomic E-state index is 10.9. The highest BCUT2D eigenvalue weighted by Crippen LogP contribution is 2.41. The van der Waals surface area contributed by atoms with Crippen LogP contribution in [0.2, 0.25) is 0 Å². The van der Waals surface area contributed by atoms with Crippen LogP contribution in [0.15, 0.2) is 23.6 Å². The monoisotopic (exact) mass is 323 g/mol. The standard InChI is InChI=1S/C14H17N3O2S2/c1-20-12-4-2-3-11(12)17-10-5-6-15-7-9(10)16-14(17)21-8-13(18)19/h5-7,11-12H,2-4,8H2,1H3,(H,18,19). The molecule has 3 rings (SSSR count). The molecule has 0 radical (unpaired) electrons. The largest absolute Gasteiger partial charge is 0.481 e. The van der Waals surface area contributed by atoms with Crippen molar-refractivity contribution in [1.29, 1.82) is 0 Å². The SMILES string of the molecule is CSC1CCCC1n1c(SCC(=O)O)nc2cnccc21. The van der Waals surface area contributed by atoms with Crippen LogP contribution in [0.5, 0.6) is 0 Å². The summed E-state index contributed by atoms with van der Waals surface area (Å²) in [4.78, 5) is 19.6. The fraction of sp³-hybridized carbons (Fsp3) is 0.500. The van der Waals surface area contributed by atoms with Gasteiger partial charge < -0.3 is 9.67 Å². The molecule has 0 spiro atoms. The minimum absolute atomic E-state index is 0.0351. The normalized spacial score (nSPS) is 22.0. The Bertz CT molecular complexity index is 659. The first kappa shape index (κ1) is 14.7. The van der Waals surface area contributed by atoms with Gasteiger partial charge in [-0.15, -0.1) is 0 Å². The summed E-state index contributed by atoms with van der Waals surface area (Å²) in [5.41, 5.74) is 1.90.